The molecule has 122 valence electrons. The van der Waals surface area contributed by atoms with Gasteiger partial charge in [-0.3, -0.25) is 19.6 Å². The Labute approximate surface area is 129 Å². The summed E-state index contributed by atoms with van der Waals surface area (Å²) in [7, 11) is 0. The Kier molecular flexibility index (Phi) is 6.26. The van der Waals surface area contributed by atoms with Gasteiger partial charge in [0, 0.05) is 91.6 Å². The van der Waals surface area contributed by atoms with Crippen molar-refractivity contribution < 1.29 is 0 Å². The highest BCUT2D eigenvalue weighted by Gasteiger charge is 2.20. The van der Waals surface area contributed by atoms with Crippen molar-refractivity contribution in [3.8, 4) is 0 Å². The molecule has 0 radical (unpaired) electrons. The lowest BCUT2D eigenvalue weighted by Gasteiger charge is -2.39. The van der Waals surface area contributed by atoms with E-state index in [1.165, 1.54) is 85.2 Å². The minimum absolute atomic E-state index is 1.16. The lowest BCUT2D eigenvalue weighted by molar-refractivity contribution is 0.0629. The maximum Gasteiger partial charge on any atom is 0.0508 e. The topological polar surface area (TPSA) is 37.0 Å². The second-order valence-corrected chi connectivity index (χ2v) is 6.56. The molecule has 0 unspecified atom stereocenters. The first-order chi connectivity index (χ1) is 10.4. The van der Waals surface area contributed by atoms with E-state index in [0.29, 0.717) is 0 Å². The van der Waals surface area contributed by atoms with Crippen molar-refractivity contribution in [1.82, 2.24) is 30.2 Å². The Morgan fingerprint density at radius 1 is 0.476 bits per heavy atom. The first-order valence-corrected chi connectivity index (χ1v) is 8.71. The van der Waals surface area contributed by atoms with Crippen LogP contribution in [0.1, 0.15) is 0 Å². The number of nitrogens with one attached hydrogen (secondary N) is 2. The van der Waals surface area contributed by atoms with E-state index >= 15 is 0 Å². The Morgan fingerprint density at radius 2 is 0.857 bits per heavy atom. The second kappa shape index (κ2) is 8.41. The van der Waals surface area contributed by atoms with Crippen molar-refractivity contribution in [3.05, 3.63) is 0 Å². The zero-order valence-corrected chi connectivity index (χ0v) is 13.4. The molecule has 3 aliphatic rings. The molecule has 3 fully saturated rings. The maximum atomic E-state index is 3.43. The average molecular weight is 296 g/mol. The Balaban J connectivity index is 1.29. The molecular weight excluding hydrogens is 264 g/mol. The van der Waals surface area contributed by atoms with Crippen molar-refractivity contribution in [3.63, 3.8) is 0 Å². The van der Waals surface area contributed by atoms with Crippen LogP contribution in [0.2, 0.25) is 0 Å². The van der Waals surface area contributed by atoms with Gasteiger partial charge in [0.2, 0.25) is 0 Å². The SMILES string of the molecule is C1CN(CCN2CCN(CN3CCNCC3)CC2)CCN1. The van der Waals surface area contributed by atoms with Crippen LogP contribution in [0.3, 0.4) is 0 Å². The number of nitrogens with zero attached hydrogens (tertiary/aromatic N) is 4. The molecule has 3 heterocycles. The monoisotopic (exact) mass is 296 g/mol. The molecule has 3 aliphatic heterocycles. The third-order valence-electron chi connectivity index (χ3n) is 5.02. The van der Waals surface area contributed by atoms with Crippen LogP contribution < -0.4 is 10.6 Å². The number of rotatable bonds is 5. The van der Waals surface area contributed by atoms with Crippen molar-refractivity contribution >= 4 is 0 Å². The summed E-state index contributed by atoms with van der Waals surface area (Å²) in [6, 6.07) is 0. The average Bonchev–Trinajstić information content (AvgIpc) is 2.56. The summed E-state index contributed by atoms with van der Waals surface area (Å²) in [5.74, 6) is 0. The third-order valence-corrected chi connectivity index (χ3v) is 5.02. The van der Waals surface area contributed by atoms with Gasteiger partial charge < -0.3 is 10.6 Å². The predicted molar refractivity (Wildman–Crippen MR) is 86.6 cm³/mol. The van der Waals surface area contributed by atoms with Crippen LogP contribution in [0, 0.1) is 0 Å². The zero-order chi connectivity index (χ0) is 14.3. The molecule has 6 heteroatoms. The summed E-state index contributed by atoms with van der Waals surface area (Å²) in [4.78, 5) is 10.5. The number of hydrogen-bond acceptors (Lipinski definition) is 6. The predicted octanol–water partition coefficient (Wildman–Crippen LogP) is -1.63. The lowest BCUT2D eigenvalue weighted by Crippen LogP contribution is -2.54. The summed E-state index contributed by atoms with van der Waals surface area (Å²) in [6.45, 7) is 18.2. The highest BCUT2D eigenvalue weighted by Crippen LogP contribution is 2.04. The fourth-order valence-electron chi connectivity index (χ4n) is 3.51. The molecule has 3 rings (SSSR count). The fraction of sp³-hybridized carbons (Fsp3) is 1.00. The Hall–Kier alpha value is -0.240. The van der Waals surface area contributed by atoms with E-state index in [0.717, 1.165) is 13.1 Å². The molecule has 6 nitrogen and oxygen atoms in total. The second-order valence-electron chi connectivity index (χ2n) is 6.56. The summed E-state index contributed by atoms with van der Waals surface area (Å²) < 4.78 is 0. The molecule has 0 bridgehead atoms. The maximum absolute atomic E-state index is 3.43. The van der Waals surface area contributed by atoms with Gasteiger partial charge in [-0.1, -0.05) is 0 Å². The Morgan fingerprint density at radius 3 is 1.43 bits per heavy atom. The summed E-state index contributed by atoms with van der Waals surface area (Å²) in [5, 5.41) is 6.86. The van der Waals surface area contributed by atoms with E-state index in [2.05, 4.69) is 30.2 Å². The molecule has 0 aromatic heterocycles. The van der Waals surface area contributed by atoms with Crippen molar-refractivity contribution in [2.45, 2.75) is 0 Å². The Bertz CT molecular complexity index is 280. The molecule has 0 atom stereocenters. The van der Waals surface area contributed by atoms with E-state index in [-0.39, 0.29) is 0 Å². The first kappa shape index (κ1) is 15.6. The molecule has 0 aliphatic carbocycles. The van der Waals surface area contributed by atoms with Crippen LogP contribution in [0.15, 0.2) is 0 Å². The lowest BCUT2D eigenvalue weighted by atomic mass is 10.3. The van der Waals surface area contributed by atoms with Crippen LogP contribution in [-0.4, -0.2) is 118 Å². The highest BCUT2D eigenvalue weighted by molar-refractivity contribution is 4.76. The van der Waals surface area contributed by atoms with Gasteiger partial charge in [-0.05, 0) is 0 Å². The van der Waals surface area contributed by atoms with Gasteiger partial charge in [0.25, 0.3) is 0 Å². The van der Waals surface area contributed by atoms with E-state index in [1.807, 2.05) is 0 Å². The summed E-state index contributed by atoms with van der Waals surface area (Å²) in [6.07, 6.45) is 0. The smallest absolute Gasteiger partial charge is 0.0508 e. The molecule has 0 aromatic carbocycles. The molecule has 3 saturated heterocycles. The van der Waals surface area contributed by atoms with Crippen molar-refractivity contribution in [2.24, 2.45) is 0 Å². The quantitative estimate of drug-likeness (QED) is 0.635. The number of hydrogen-bond donors (Lipinski definition) is 2. The van der Waals surface area contributed by atoms with Crippen molar-refractivity contribution in [2.75, 3.05) is 98.3 Å². The number of piperazine rings is 3. The van der Waals surface area contributed by atoms with E-state index in [4.69, 9.17) is 0 Å². The van der Waals surface area contributed by atoms with Gasteiger partial charge >= 0.3 is 0 Å². The van der Waals surface area contributed by atoms with Gasteiger partial charge in [-0.25, -0.2) is 0 Å². The van der Waals surface area contributed by atoms with Crippen LogP contribution >= 0.6 is 0 Å². The van der Waals surface area contributed by atoms with Gasteiger partial charge in [-0.2, -0.15) is 0 Å². The highest BCUT2D eigenvalue weighted by atomic mass is 15.4. The minimum atomic E-state index is 1.16. The van der Waals surface area contributed by atoms with Crippen molar-refractivity contribution in [1.29, 1.82) is 0 Å². The van der Waals surface area contributed by atoms with Crippen LogP contribution in [0.4, 0.5) is 0 Å². The van der Waals surface area contributed by atoms with Gasteiger partial charge in [-0.15, -0.1) is 0 Å². The van der Waals surface area contributed by atoms with E-state index < -0.39 is 0 Å². The largest absolute Gasteiger partial charge is 0.314 e. The zero-order valence-electron chi connectivity index (χ0n) is 13.4. The van der Waals surface area contributed by atoms with Crippen LogP contribution in [0.5, 0.6) is 0 Å². The summed E-state index contributed by atoms with van der Waals surface area (Å²) >= 11 is 0. The molecule has 0 amide bonds. The van der Waals surface area contributed by atoms with Gasteiger partial charge in [0.15, 0.2) is 0 Å². The summed E-state index contributed by atoms with van der Waals surface area (Å²) in [5.41, 5.74) is 0. The third kappa shape index (κ3) is 5.16. The van der Waals surface area contributed by atoms with Gasteiger partial charge in [0.1, 0.15) is 0 Å². The molecule has 0 aromatic rings. The minimum Gasteiger partial charge on any atom is -0.314 e. The normalized spacial score (nSPS) is 28.0. The standard InChI is InChI=1S/C15H32N6/c1-5-18(6-2-16-1)9-10-19-11-13-21(14-12-19)15-20-7-3-17-4-8-20/h16-17H,1-15H2. The molecule has 0 saturated carbocycles. The van der Waals surface area contributed by atoms with Gasteiger partial charge in [0.05, 0.1) is 6.67 Å². The molecular formula is C15H32N6. The van der Waals surface area contributed by atoms with Crippen LogP contribution in [-0.2, 0) is 0 Å². The molecule has 21 heavy (non-hydrogen) atoms. The first-order valence-electron chi connectivity index (χ1n) is 8.71. The molecule has 2 N–H and O–H groups in total. The van der Waals surface area contributed by atoms with E-state index in [1.54, 1.807) is 0 Å². The fourth-order valence-corrected chi connectivity index (χ4v) is 3.51. The van der Waals surface area contributed by atoms with Crippen LogP contribution in [0.25, 0.3) is 0 Å². The molecule has 0 spiro atoms. The van der Waals surface area contributed by atoms with E-state index in [9.17, 15) is 0 Å².